The highest BCUT2D eigenvalue weighted by molar-refractivity contribution is 5.99. The van der Waals surface area contributed by atoms with Crippen LogP contribution in [0.5, 0.6) is 11.6 Å². The Labute approximate surface area is 152 Å². The largest absolute Gasteiger partial charge is 0.495 e. The summed E-state index contributed by atoms with van der Waals surface area (Å²) in [6, 6.07) is 8.47. The van der Waals surface area contributed by atoms with Crippen LogP contribution in [0.3, 0.4) is 0 Å². The van der Waals surface area contributed by atoms with E-state index in [2.05, 4.69) is 20.3 Å². The zero-order chi connectivity index (χ0) is 19.0. The summed E-state index contributed by atoms with van der Waals surface area (Å²) in [4.78, 5) is 11.1. The third-order valence-electron chi connectivity index (χ3n) is 4.08. The zero-order valence-corrected chi connectivity index (χ0v) is 14.1. The summed E-state index contributed by atoms with van der Waals surface area (Å²) < 4.78 is 33.5. The predicted molar refractivity (Wildman–Crippen MR) is 97.2 cm³/mol. The molecule has 0 atom stereocenters. The molecule has 0 fully saturated rings. The molecular formula is C19H14F2N4O2. The van der Waals surface area contributed by atoms with Crippen LogP contribution in [0.2, 0.25) is 0 Å². The van der Waals surface area contributed by atoms with Gasteiger partial charge in [-0.25, -0.2) is 18.7 Å². The third-order valence-corrected chi connectivity index (χ3v) is 4.08. The summed E-state index contributed by atoms with van der Waals surface area (Å²) in [5.41, 5.74) is 0.594. The lowest BCUT2D eigenvalue weighted by atomic mass is 10.1. The molecule has 4 aromatic rings. The molecule has 0 saturated carbocycles. The molecule has 0 aliphatic rings. The molecule has 3 heterocycles. The van der Waals surface area contributed by atoms with Crippen LogP contribution in [-0.4, -0.2) is 27.2 Å². The van der Waals surface area contributed by atoms with Gasteiger partial charge in [0.05, 0.1) is 41.2 Å². The second kappa shape index (κ2) is 6.56. The van der Waals surface area contributed by atoms with E-state index < -0.39 is 11.6 Å². The molecule has 0 unspecified atom stereocenters. The molecule has 1 aromatic carbocycles. The van der Waals surface area contributed by atoms with Crippen LogP contribution in [-0.2, 0) is 0 Å². The van der Waals surface area contributed by atoms with E-state index in [-0.39, 0.29) is 17.1 Å². The van der Waals surface area contributed by atoms with Crippen molar-refractivity contribution in [2.45, 2.75) is 0 Å². The quantitative estimate of drug-likeness (QED) is 0.498. The van der Waals surface area contributed by atoms with Crippen LogP contribution < -0.4 is 10.1 Å². The van der Waals surface area contributed by atoms with Crippen molar-refractivity contribution in [1.29, 1.82) is 0 Å². The second-order valence-corrected chi connectivity index (χ2v) is 5.76. The smallest absolute Gasteiger partial charge is 0.200 e. The average molecular weight is 368 g/mol. The lowest BCUT2D eigenvalue weighted by Crippen LogP contribution is -1.98. The maximum absolute atomic E-state index is 14.2. The normalized spacial score (nSPS) is 10.9. The summed E-state index contributed by atoms with van der Waals surface area (Å²) >= 11 is 0. The monoisotopic (exact) mass is 368 g/mol. The molecule has 3 aromatic heterocycles. The van der Waals surface area contributed by atoms with Crippen molar-refractivity contribution in [1.82, 2.24) is 15.0 Å². The first-order valence-electron chi connectivity index (χ1n) is 7.99. The molecule has 0 aliphatic carbocycles. The minimum absolute atomic E-state index is 0.0908. The van der Waals surface area contributed by atoms with E-state index >= 15 is 0 Å². The zero-order valence-electron chi connectivity index (χ0n) is 14.1. The number of aromatic nitrogens is 3. The summed E-state index contributed by atoms with van der Waals surface area (Å²) in [6.45, 7) is 0. The molecule has 6 nitrogen and oxygen atoms in total. The van der Waals surface area contributed by atoms with E-state index in [1.54, 1.807) is 12.1 Å². The lowest BCUT2D eigenvalue weighted by molar-refractivity contribution is 0.413. The molecule has 0 saturated heterocycles. The number of anilines is 2. The summed E-state index contributed by atoms with van der Waals surface area (Å²) in [5.74, 6) is -0.526. The van der Waals surface area contributed by atoms with Crippen molar-refractivity contribution in [3.63, 3.8) is 0 Å². The maximum Gasteiger partial charge on any atom is 0.200 e. The van der Waals surface area contributed by atoms with Gasteiger partial charge in [-0.1, -0.05) is 6.07 Å². The van der Waals surface area contributed by atoms with Gasteiger partial charge >= 0.3 is 0 Å². The van der Waals surface area contributed by atoms with Crippen LogP contribution in [0.1, 0.15) is 0 Å². The van der Waals surface area contributed by atoms with Gasteiger partial charge in [0.15, 0.2) is 5.88 Å². The number of ether oxygens (including phenoxy) is 1. The van der Waals surface area contributed by atoms with Gasteiger partial charge in [-0.3, -0.25) is 0 Å². The standard InChI is InChI=1S/C19H14F2N4O2/c1-27-10-5-6-16(22-8-10)25-14-7-13(17-11(20)3-2-4-12(17)21)24-15-9-23-19(26)18(14)15/h2-9,23,26H,1H3,(H,22,25). The fourth-order valence-corrected chi connectivity index (χ4v) is 2.81. The van der Waals surface area contributed by atoms with E-state index in [1.165, 1.54) is 31.6 Å². The van der Waals surface area contributed by atoms with Gasteiger partial charge in [-0.05, 0) is 30.3 Å². The number of methoxy groups -OCH3 is 1. The first kappa shape index (κ1) is 16.8. The molecule has 3 N–H and O–H groups in total. The number of H-pyrrole nitrogens is 1. The van der Waals surface area contributed by atoms with Gasteiger partial charge in [0.25, 0.3) is 0 Å². The van der Waals surface area contributed by atoms with E-state index in [9.17, 15) is 13.9 Å². The summed E-state index contributed by atoms with van der Waals surface area (Å²) in [7, 11) is 1.53. The van der Waals surface area contributed by atoms with E-state index in [1.807, 2.05) is 0 Å². The number of pyridine rings is 2. The number of hydrogen-bond acceptors (Lipinski definition) is 5. The van der Waals surface area contributed by atoms with Crippen LogP contribution in [0.4, 0.5) is 20.3 Å². The summed E-state index contributed by atoms with van der Waals surface area (Å²) in [5, 5.41) is 13.5. The fourth-order valence-electron chi connectivity index (χ4n) is 2.81. The minimum atomic E-state index is -0.727. The van der Waals surface area contributed by atoms with Crippen LogP contribution in [0, 0.1) is 11.6 Å². The van der Waals surface area contributed by atoms with Crippen molar-refractivity contribution in [2.75, 3.05) is 12.4 Å². The Hall–Kier alpha value is -3.68. The van der Waals surface area contributed by atoms with Crippen molar-refractivity contribution in [3.05, 3.63) is 60.4 Å². The van der Waals surface area contributed by atoms with Gasteiger partial charge in [0, 0.05) is 6.20 Å². The summed E-state index contributed by atoms with van der Waals surface area (Å²) in [6.07, 6.45) is 2.98. The van der Waals surface area contributed by atoms with Gasteiger partial charge in [0.1, 0.15) is 23.2 Å². The number of fused-ring (bicyclic) bond motifs is 1. The number of rotatable bonds is 4. The van der Waals surface area contributed by atoms with Gasteiger partial charge in [-0.15, -0.1) is 0 Å². The molecular weight excluding hydrogens is 354 g/mol. The highest BCUT2D eigenvalue weighted by atomic mass is 19.1. The van der Waals surface area contributed by atoms with Gasteiger partial charge in [0.2, 0.25) is 0 Å². The van der Waals surface area contributed by atoms with Crippen molar-refractivity contribution >= 4 is 22.4 Å². The Morgan fingerprint density at radius 3 is 2.59 bits per heavy atom. The number of hydrogen-bond donors (Lipinski definition) is 3. The predicted octanol–water partition coefficient (Wildman–Crippen LogP) is 4.36. The molecule has 4 rings (SSSR count). The van der Waals surface area contributed by atoms with Crippen LogP contribution >= 0.6 is 0 Å². The van der Waals surface area contributed by atoms with Crippen LogP contribution in [0.15, 0.2) is 48.8 Å². The molecule has 0 spiro atoms. The van der Waals surface area contributed by atoms with Crippen LogP contribution in [0.25, 0.3) is 22.2 Å². The minimum Gasteiger partial charge on any atom is -0.495 e. The third kappa shape index (κ3) is 3.01. The first-order chi connectivity index (χ1) is 13.1. The number of benzene rings is 1. The van der Waals surface area contributed by atoms with E-state index in [0.717, 1.165) is 12.1 Å². The Bertz CT molecular complexity index is 1110. The van der Waals surface area contributed by atoms with E-state index in [4.69, 9.17) is 4.74 Å². The number of halogens is 2. The van der Waals surface area contributed by atoms with E-state index in [0.29, 0.717) is 28.2 Å². The van der Waals surface area contributed by atoms with Crippen molar-refractivity contribution in [2.24, 2.45) is 0 Å². The molecule has 0 aliphatic heterocycles. The molecule has 8 heteroatoms. The number of aromatic hydroxyl groups is 1. The highest BCUT2D eigenvalue weighted by Crippen LogP contribution is 2.36. The Kier molecular flexibility index (Phi) is 4.08. The number of aromatic amines is 1. The SMILES string of the molecule is COc1ccc(Nc2cc(-c3c(F)cccc3F)nc3c[nH]c(O)c23)nc1. The van der Waals surface area contributed by atoms with Crippen molar-refractivity contribution in [3.8, 4) is 22.9 Å². The fraction of sp³-hybridized carbons (Fsp3) is 0.0526. The number of nitrogens with one attached hydrogen (secondary N) is 2. The molecule has 0 amide bonds. The topological polar surface area (TPSA) is 83.1 Å². The average Bonchev–Trinajstić information content (AvgIpc) is 3.03. The Morgan fingerprint density at radius 2 is 1.93 bits per heavy atom. The van der Waals surface area contributed by atoms with Gasteiger partial charge < -0.3 is 20.1 Å². The second-order valence-electron chi connectivity index (χ2n) is 5.76. The molecule has 136 valence electrons. The molecule has 27 heavy (non-hydrogen) atoms. The molecule has 0 radical (unpaired) electrons. The Morgan fingerprint density at radius 1 is 1.15 bits per heavy atom. The molecule has 0 bridgehead atoms. The maximum atomic E-state index is 14.2. The Balaban J connectivity index is 1.86. The first-order valence-corrected chi connectivity index (χ1v) is 7.99. The van der Waals surface area contributed by atoms with Gasteiger partial charge in [-0.2, -0.15) is 0 Å². The van der Waals surface area contributed by atoms with Crippen molar-refractivity contribution < 1.29 is 18.6 Å². The number of nitrogens with zero attached hydrogens (tertiary/aromatic N) is 2. The highest BCUT2D eigenvalue weighted by Gasteiger charge is 2.18. The lowest BCUT2D eigenvalue weighted by Gasteiger charge is -2.11.